The quantitative estimate of drug-likeness (QED) is 0.496. The number of aromatic nitrogens is 1. The lowest BCUT2D eigenvalue weighted by molar-refractivity contribution is 0.0422. The summed E-state index contributed by atoms with van der Waals surface area (Å²) in [6.07, 6.45) is -0.291. The standard InChI is InChI=1S/C8H5Cl2NO2/c1-3-4-2-5(9)11-7(10)6(4)8(12)13-3/h2-3H,1H3. The monoisotopic (exact) mass is 217 g/mol. The van der Waals surface area contributed by atoms with Crippen LogP contribution in [0.5, 0.6) is 0 Å². The number of esters is 1. The van der Waals surface area contributed by atoms with E-state index in [0.29, 0.717) is 11.1 Å². The minimum atomic E-state index is -0.434. The molecule has 0 spiro atoms. The van der Waals surface area contributed by atoms with E-state index in [0.717, 1.165) is 0 Å². The fourth-order valence-corrected chi connectivity index (χ4v) is 1.83. The number of ether oxygens (including phenoxy) is 1. The molecule has 2 rings (SSSR count). The molecule has 68 valence electrons. The Morgan fingerprint density at radius 2 is 2.23 bits per heavy atom. The molecule has 1 aromatic heterocycles. The Labute approximate surface area is 84.6 Å². The number of carbonyl (C=O) groups excluding carboxylic acids is 1. The number of cyclic esters (lactones) is 1. The summed E-state index contributed by atoms with van der Waals surface area (Å²) in [4.78, 5) is 15.0. The van der Waals surface area contributed by atoms with Crippen LogP contribution < -0.4 is 0 Å². The van der Waals surface area contributed by atoms with E-state index in [1.807, 2.05) is 0 Å². The number of rotatable bonds is 0. The van der Waals surface area contributed by atoms with Crippen LogP contribution in [0.2, 0.25) is 10.3 Å². The van der Waals surface area contributed by atoms with Crippen molar-refractivity contribution in [3.63, 3.8) is 0 Å². The smallest absolute Gasteiger partial charge is 0.342 e. The molecule has 1 aromatic rings. The van der Waals surface area contributed by atoms with E-state index in [4.69, 9.17) is 27.9 Å². The molecule has 1 unspecified atom stereocenters. The number of fused-ring (bicyclic) bond motifs is 1. The van der Waals surface area contributed by atoms with Crippen molar-refractivity contribution in [1.82, 2.24) is 4.98 Å². The number of nitrogens with zero attached hydrogens (tertiary/aromatic N) is 1. The lowest BCUT2D eigenvalue weighted by atomic mass is 10.1. The molecule has 0 radical (unpaired) electrons. The zero-order chi connectivity index (χ0) is 9.59. The van der Waals surface area contributed by atoms with Gasteiger partial charge in [-0.25, -0.2) is 9.78 Å². The predicted octanol–water partition coefficient (Wildman–Crippen LogP) is 2.62. The lowest BCUT2D eigenvalue weighted by Crippen LogP contribution is -1.96. The van der Waals surface area contributed by atoms with Gasteiger partial charge in [0, 0.05) is 5.56 Å². The molecule has 0 aromatic carbocycles. The molecule has 5 heteroatoms. The third kappa shape index (κ3) is 1.28. The van der Waals surface area contributed by atoms with Crippen molar-refractivity contribution < 1.29 is 9.53 Å². The van der Waals surface area contributed by atoms with Crippen molar-refractivity contribution >= 4 is 29.2 Å². The van der Waals surface area contributed by atoms with Crippen molar-refractivity contribution in [1.29, 1.82) is 0 Å². The van der Waals surface area contributed by atoms with E-state index in [1.165, 1.54) is 0 Å². The first-order valence-corrected chi connectivity index (χ1v) is 4.42. The van der Waals surface area contributed by atoms with Gasteiger partial charge in [-0.3, -0.25) is 0 Å². The Morgan fingerprint density at radius 1 is 1.54 bits per heavy atom. The fourth-order valence-electron chi connectivity index (χ4n) is 1.31. The molecule has 0 bridgehead atoms. The summed E-state index contributed by atoms with van der Waals surface area (Å²) in [6.45, 7) is 1.76. The van der Waals surface area contributed by atoms with Gasteiger partial charge in [0.1, 0.15) is 22.0 Å². The summed E-state index contributed by atoms with van der Waals surface area (Å²) in [6, 6.07) is 1.60. The molecule has 1 aliphatic rings. The van der Waals surface area contributed by atoms with E-state index < -0.39 is 5.97 Å². The van der Waals surface area contributed by atoms with Crippen molar-refractivity contribution in [2.24, 2.45) is 0 Å². The highest BCUT2D eigenvalue weighted by atomic mass is 35.5. The third-order valence-electron chi connectivity index (χ3n) is 1.90. The third-order valence-corrected chi connectivity index (χ3v) is 2.37. The Bertz CT molecular complexity index is 392. The number of hydrogen-bond acceptors (Lipinski definition) is 3. The van der Waals surface area contributed by atoms with E-state index in [-0.39, 0.29) is 16.4 Å². The molecule has 0 fully saturated rings. The van der Waals surface area contributed by atoms with Crippen molar-refractivity contribution in [2.45, 2.75) is 13.0 Å². The summed E-state index contributed by atoms with van der Waals surface area (Å²) >= 11 is 11.4. The maximum atomic E-state index is 11.2. The fraction of sp³-hybridized carbons (Fsp3) is 0.250. The van der Waals surface area contributed by atoms with Crippen LogP contribution in [0.25, 0.3) is 0 Å². The minimum absolute atomic E-state index is 0.108. The van der Waals surface area contributed by atoms with Gasteiger partial charge < -0.3 is 4.74 Å². The van der Waals surface area contributed by atoms with Gasteiger partial charge in [-0.1, -0.05) is 23.2 Å². The highest BCUT2D eigenvalue weighted by Crippen LogP contribution is 2.35. The first kappa shape index (κ1) is 8.78. The molecule has 0 aliphatic carbocycles. The molecule has 2 heterocycles. The van der Waals surface area contributed by atoms with E-state index >= 15 is 0 Å². The summed E-state index contributed by atoms with van der Waals surface area (Å²) in [7, 11) is 0. The molecule has 0 amide bonds. The van der Waals surface area contributed by atoms with E-state index in [2.05, 4.69) is 4.98 Å². The van der Waals surface area contributed by atoms with Gasteiger partial charge in [0.05, 0.1) is 0 Å². The summed E-state index contributed by atoms with van der Waals surface area (Å²) in [5.74, 6) is -0.434. The van der Waals surface area contributed by atoms with Gasteiger partial charge in [-0.2, -0.15) is 0 Å². The molecular formula is C8H5Cl2NO2. The van der Waals surface area contributed by atoms with Crippen molar-refractivity contribution in [2.75, 3.05) is 0 Å². The first-order valence-electron chi connectivity index (χ1n) is 3.66. The summed E-state index contributed by atoms with van der Waals surface area (Å²) in [5.41, 5.74) is 1.04. The molecule has 3 nitrogen and oxygen atoms in total. The maximum Gasteiger partial charge on any atom is 0.342 e. The molecule has 0 N–H and O–H groups in total. The van der Waals surface area contributed by atoms with E-state index in [9.17, 15) is 4.79 Å². The SMILES string of the molecule is CC1OC(=O)c2c1cc(Cl)nc2Cl. The van der Waals surface area contributed by atoms with E-state index in [1.54, 1.807) is 13.0 Å². The number of carbonyl (C=O) groups is 1. The highest BCUT2D eigenvalue weighted by Gasteiger charge is 2.31. The molecule has 1 atom stereocenters. The van der Waals surface area contributed by atoms with Crippen LogP contribution in [-0.4, -0.2) is 11.0 Å². The summed E-state index contributed by atoms with van der Waals surface area (Å²) < 4.78 is 4.95. The Kier molecular flexibility index (Phi) is 1.93. The molecule has 1 aliphatic heterocycles. The Balaban J connectivity index is 2.69. The number of halogens is 2. The van der Waals surface area contributed by atoms with Crippen molar-refractivity contribution in [3.05, 3.63) is 27.5 Å². The van der Waals surface area contributed by atoms with Crippen molar-refractivity contribution in [3.8, 4) is 0 Å². The maximum absolute atomic E-state index is 11.2. The van der Waals surface area contributed by atoms with Crippen LogP contribution >= 0.6 is 23.2 Å². The van der Waals surface area contributed by atoms with Gasteiger partial charge in [0.15, 0.2) is 0 Å². The van der Waals surface area contributed by atoms with Gasteiger partial charge in [0.25, 0.3) is 0 Å². The Morgan fingerprint density at radius 3 is 2.92 bits per heavy atom. The lowest BCUT2D eigenvalue weighted by Gasteiger charge is -2.01. The molecule has 13 heavy (non-hydrogen) atoms. The number of hydrogen-bond donors (Lipinski definition) is 0. The van der Waals surface area contributed by atoms with Crippen LogP contribution in [0, 0.1) is 0 Å². The highest BCUT2D eigenvalue weighted by molar-refractivity contribution is 6.34. The van der Waals surface area contributed by atoms with Gasteiger partial charge in [-0.15, -0.1) is 0 Å². The molecule has 0 saturated carbocycles. The average Bonchev–Trinajstić information content (AvgIpc) is 2.27. The second-order valence-corrected chi connectivity index (χ2v) is 3.49. The van der Waals surface area contributed by atoms with Gasteiger partial charge >= 0.3 is 5.97 Å². The predicted molar refractivity (Wildman–Crippen MR) is 48.1 cm³/mol. The second kappa shape index (κ2) is 2.86. The molecule has 0 saturated heterocycles. The first-order chi connectivity index (χ1) is 6.09. The van der Waals surface area contributed by atoms with Crippen LogP contribution in [0.15, 0.2) is 6.07 Å². The largest absolute Gasteiger partial charge is 0.454 e. The van der Waals surface area contributed by atoms with Crippen LogP contribution in [-0.2, 0) is 4.74 Å². The Hall–Kier alpha value is -0.800. The zero-order valence-electron chi connectivity index (χ0n) is 6.67. The topological polar surface area (TPSA) is 39.2 Å². The van der Waals surface area contributed by atoms with Crippen LogP contribution in [0.3, 0.4) is 0 Å². The average molecular weight is 218 g/mol. The zero-order valence-corrected chi connectivity index (χ0v) is 8.19. The minimum Gasteiger partial charge on any atom is -0.454 e. The second-order valence-electron chi connectivity index (χ2n) is 2.75. The molecular weight excluding hydrogens is 213 g/mol. The van der Waals surface area contributed by atoms with Crippen LogP contribution in [0.1, 0.15) is 28.9 Å². The van der Waals surface area contributed by atoms with Crippen LogP contribution in [0.4, 0.5) is 0 Å². The number of pyridine rings is 1. The normalized spacial score (nSPS) is 19.9. The summed E-state index contributed by atoms with van der Waals surface area (Å²) in [5, 5.41) is 0.380. The van der Waals surface area contributed by atoms with Gasteiger partial charge in [-0.05, 0) is 13.0 Å². The van der Waals surface area contributed by atoms with Gasteiger partial charge in [0.2, 0.25) is 0 Å².